The smallest absolute Gasteiger partial charge is 0.0205 e. The predicted molar refractivity (Wildman–Crippen MR) is 77.6 cm³/mol. The molecule has 18 heavy (non-hydrogen) atoms. The Hall–Kier alpha value is -0.860. The van der Waals surface area contributed by atoms with E-state index in [2.05, 4.69) is 43.4 Å². The Morgan fingerprint density at radius 3 is 2.33 bits per heavy atom. The molecule has 1 aliphatic rings. The van der Waals surface area contributed by atoms with Gasteiger partial charge in [-0.25, -0.2) is 0 Å². The minimum absolute atomic E-state index is 0.401. The molecule has 1 fully saturated rings. The normalized spacial score (nSPS) is 17.8. The van der Waals surface area contributed by atoms with Crippen molar-refractivity contribution in [2.45, 2.75) is 45.6 Å². The van der Waals surface area contributed by atoms with Crippen LogP contribution in [0.5, 0.6) is 0 Å². The zero-order chi connectivity index (χ0) is 13.0. The summed E-state index contributed by atoms with van der Waals surface area (Å²) in [7, 11) is 0. The fourth-order valence-corrected chi connectivity index (χ4v) is 2.62. The van der Waals surface area contributed by atoms with Gasteiger partial charge in [-0.15, -0.1) is 0 Å². The van der Waals surface area contributed by atoms with Crippen LogP contribution >= 0.6 is 0 Å². The summed E-state index contributed by atoms with van der Waals surface area (Å²) < 4.78 is 0. The zero-order valence-corrected chi connectivity index (χ0v) is 11.7. The molecule has 3 N–H and O–H groups in total. The first kappa shape index (κ1) is 13.6. The second kappa shape index (κ2) is 5.85. The SMILES string of the molecule is CC(C)c1ccc(CNCC2(CN)CCC2)cc1. The maximum Gasteiger partial charge on any atom is 0.0205 e. The highest BCUT2D eigenvalue weighted by molar-refractivity contribution is 5.24. The second-order valence-corrected chi connectivity index (χ2v) is 6.06. The lowest BCUT2D eigenvalue weighted by Crippen LogP contribution is -2.45. The van der Waals surface area contributed by atoms with Crippen molar-refractivity contribution in [1.82, 2.24) is 5.32 Å². The third kappa shape index (κ3) is 3.12. The van der Waals surface area contributed by atoms with Crippen molar-refractivity contribution in [3.63, 3.8) is 0 Å². The van der Waals surface area contributed by atoms with E-state index in [1.165, 1.54) is 30.4 Å². The Kier molecular flexibility index (Phi) is 4.41. The van der Waals surface area contributed by atoms with E-state index in [9.17, 15) is 0 Å². The molecule has 1 aromatic rings. The Morgan fingerprint density at radius 1 is 1.22 bits per heavy atom. The maximum absolute atomic E-state index is 5.86. The Morgan fingerprint density at radius 2 is 1.89 bits per heavy atom. The Bertz CT molecular complexity index is 358. The van der Waals surface area contributed by atoms with Crippen LogP contribution in [0.1, 0.15) is 50.2 Å². The van der Waals surface area contributed by atoms with E-state index in [0.717, 1.165) is 19.6 Å². The lowest BCUT2D eigenvalue weighted by atomic mass is 9.69. The maximum atomic E-state index is 5.86. The first-order chi connectivity index (χ1) is 8.65. The van der Waals surface area contributed by atoms with Gasteiger partial charge >= 0.3 is 0 Å². The molecule has 100 valence electrons. The summed E-state index contributed by atoms with van der Waals surface area (Å²) in [6.45, 7) is 7.31. The van der Waals surface area contributed by atoms with Crippen LogP contribution < -0.4 is 11.1 Å². The highest BCUT2D eigenvalue weighted by Gasteiger charge is 2.34. The van der Waals surface area contributed by atoms with E-state index in [4.69, 9.17) is 5.73 Å². The van der Waals surface area contributed by atoms with Gasteiger partial charge in [0.25, 0.3) is 0 Å². The van der Waals surface area contributed by atoms with E-state index in [0.29, 0.717) is 11.3 Å². The molecule has 0 aliphatic heterocycles. The summed E-state index contributed by atoms with van der Waals surface area (Å²) >= 11 is 0. The van der Waals surface area contributed by atoms with Crippen molar-refractivity contribution in [2.75, 3.05) is 13.1 Å². The van der Waals surface area contributed by atoms with Crippen LogP contribution in [0.15, 0.2) is 24.3 Å². The van der Waals surface area contributed by atoms with Gasteiger partial charge in [0.05, 0.1) is 0 Å². The molecule has 0 atom stereocenters. The topological polar surface area (TPSA) is 38.0 Å². The average molecular weight is 246 g/mol. The van der Waals surface area contributed by atoms with E-state index in [1.54, 1.807) is 0 Å². The van der Waals surface area contributed by atoms with Gasteiger partial charge in [0.2, 0.25) is 0 Å². The molecule has 0 heterocycles. The molecular formula is C16H26N2. The molecule has 0 bridgehead atoms. The summed E-state index contributed by atoms with van der Waals surface area (Å²) in [5.41, 5.74) is 9.04. The van der Waals surface area contributed by atoms with Crippen LogP contribution in [-0.4, -0.2) is 13.1 Å². The summed E-state index contributed by atoms with van der Waals surface area (Å²) in [4.78, 5) is 0. The van der Waals surface area contributed by atoms with Crippen LogP contribution in [-0.2, 0) is 6.54 Å². The standard InChI is InChI=1S/C16H26N2/c1-13(2)15-6-4-14(5-7-15)10-18-12-16(11-17)8-3-9-16/h4-7,13,18H,3,8-12,17H2,1-2H3. The van der Waals surface area contributed by atoms with Crippen LogP contribution in [0.3, 0.4) is 0 Å². The highest BCUT2D eigenvalue weighted by atomic mass is 14.9. The summed E-state index contributed by atoms with van der Waals surface area (Å²) in [5.74, 6) is 0.613. The van der Waals surface area contributed by atoms with Gasteiger partial charge in [0.1, 0.15) is 0 Å². The van der Waals surface area contributed by atoms with Crippen molar-refractivity contribution in [2.24, 2.45) is 11.1 Å². The van der Waals surface area contributed by atoms with Gasteiger partial charge in [-0.05, 0) is 41.8 Å². The van der Waals surface area contributed by atoms with E-state index in [-0.39, 0.29) is 0 Å². The number of hydrogen-bond donors (Lipinski definition) is 2. The lowest BCUT2D eigenvalue weighted by Gasteiger charge is -2.41. The lowest BCUT2D eigenvalue weighted by molar-refractivity contribution is 0.141. The van der Waals surface area contributed by atoms with E-state index in [1.807, 2.05) is 0 Å². The highest BCUT2D eigenvalue weighted by Crippen LogP contribution is 2.39. The van der Waals surface area contributed by atoms with Crippen molar-refractivity contribution in [3.8, 4) is 0 Å². The molecule has 0 amide bonds. The molecule has 0 aromatic heterocycles. The number of benzene rings is 1. The van der Waals surface area contributed by atoms with Gasteiger partial charge < -0.3 is 11.1 Å². The van der Waals surface area contributed by atoms with Gasteiger partial charge in [-0.3, -0.25) is 0 Å². The van der Waals surface area contributed by atoms with E-state index >= 15 is 0 Å². The van der Waals surface area contributed by atoms with Gasteiger partial charge in [-0.2, -0.15) is 0 Å². The molecule has 2 heteroatoms. The fraction of sp³-hybridized carbons (Fsp3) is 0.625. The Labute approximate surface area is 111 Å². The largest absolute Gasteiger partial charge is 0.330 e. The van der Waals surface area contributed by atoms with Crippen molar-refractivity contribution in [1.29, 1.82) is 0 Å². The molecule has 1 aliphatic carbocycles. The van der Waals surface area contributed by atoms with Gasteiger partial charge in [0.15, 0.2) is 0 Å². The predicted octanol–water partition coefficient (Wildman–Crippen LogP) is 3.03. The molecule has 0 saturated heterocycles. The minimum Gasteiger partial charge on any atom is -0.330 e. The molecule has 2 nitrogen and oxygen atoms in total. The number of rotatable bonds is 6. The zero-order valence-electron chi connectivity index (χ0n) is 11.7. The van der Waals surface area contributed by atoms with Crippen molar-refractivity contribution >= 4 is 0 Å². The molecular weight excluding hydrogens is 220 g/mol. The number of hydrogen-bond acceptors (Lipinski definition) is 2. The molecule has 1 aromatic carbocycles. The van der Waals surface area contributed by atoms with Crippen LogP contribution in [0.4, 0.5) is 0 Å². The van der Waals surface area contributed by atoms with Gasteiger partial charge in [0, 0.05) is 13.1 Å². The van der Waals surface area contributed by atoms with Crippen LogP contribution in [0.2, 0.25) is 0 Å². The average Bonchev–Trinajstić information content (AvgIpc) is 2.33. The third-order valence-electron chi connectivity index (χ3n) is 4.32. The summed E-state index contributed by atoms with van der Waals surface area (Å²) in [5, 5.41) is 3.56. The van der Waals surface area contributed by atoms with Crippen molar-refractivity contribution in [3.05, 3.63) is 35.4 Å². The van der Waals surface area contributed by atoms with Crippen molar-refractivity contribution < 1.29 is 0 Å². The summed E-state index contributed by atoms with van der Waals surface area (Å²) in [6.07, 6.45) is 3.94. The fourth-order valence-electron chi connectivity index (χ4n) is 2.62. The molecule has 0 spiro atoms. The molecule has 1 saturated carbocycles. The van der Waals surface area contributed by atoms with Gasteiger partial charge in [-0.1, -0.05) is 44.5 Å². The van der Waals surface area contributed by atoms with Crippen LogP contribution in [0, 0.1) is 5.41 Å². The molecule has 2 rings (SSSR count). The molecule has 0 unspecified atom stereocenters. The first-order valence-electron chi connectivity index (χ1n) is 7.15. The first-order valence-corrected chi connectivity index (χ1v) is 7.15. The number of nitrogens with one attached hydrogen (secondary N) is 1. The Balaban J connectivity index is 1.79. The number of nitrogens with two attached hydrogens (primary N) is 1. The quantitative estimate of drug-likeness (QED) is 0.809. The summed E-state index contributed by atoms with van der Waals surface area (Å²) in [6, 6.07) is 8.95. The third-order valence-corrected chi connectivity index (χ3v) is 4.32. The second-order valence-electron chi connectivity index (χ2n) is 6.06. The minimum atomic E-state index is 0.401. The van der Waals surface area contributed by atoms with E-state index < -0.39 is 0 Å². The van der Waals surface area contributed by atoms with Crippen LogP contribution in [0.25, 0.3) is 0 Å². The monoisotopic (exact) mass is 246 g/mol. The molecule has 0 radical (unpaired) electrons.